The lowest BCUT2D eigenvalue weighted by Gasteiger charge is -2.09. The molecule has 0 spiro atoms. The summed E-state index contributed by atoms with van der Waals surface area (Å²) in [5.74, 6) is -0.272. The van der Waals surface area contributed by atoms with Gasteiger partial charge in [0.15, 0.2) is 0 Å². The summed E-state index contributed by atoms with van der Waals surface area (Å²) in [5, 5.41) is 4.25. The number of benzene rings is 1. The van der Waals surface area contributed by atoms with Crippen LogP contribution < -0.4 is 5.32 Å². The maximum Gasteiger partial charge on any atom is 0.125 e. The lowest BCUT2D eigenvalue weighted by molar-refractivity contribution is 0.629. The lowest BCUT2D eigenvalue weighted by Crippen LogP contribution is -2.00. The fourth-order valence-electron chi connectivity index (χ4n) is 1.97. The molecule has 0 bridgehead atoms. The van der Waals surface area contributed by atoms with E-state index >= 15 is 0 Å². The Labute approximate surface area is 110 Å². The Morgan fingerprint density at radius 3 is 2.68 bits per heavy atom. The Bertz CT molecular complexity index is 698. The Balaban J connectivity index is 1.89. The van der Waals surface area contributed by atoms with Crippen molar-refractivity contribution in [1.29, 1.82) is 0 Å². The van der Waals surface area contributed by atoms with Crippen molar-refractivity contribution >= 4 is 16.6 Å². The van der Waals surface area contributed by atoms with Crippen LogP contribution in [-0.4, -0.2) is 9.97 Å². The first-order valence-electron chi connectivity index (χ1n) is 6.00. The highest BCUT2D eigenvalue weighted by Crippen LogP contribution is 2.22. The van der Waals surface area contributed by atoms with E-state index in [4.69, 9.17) is 0 Å². The number of fused-ring (bicyclic) bond motifs is 1. The highest BCUT2D eigenvalue weighted by atomic mass is 19.1. The highest BCUT2D eigenvalue weighted by molar-refractivity contribution is 5.90. The van der Waals surface area contributed by atoms with Crippen LogP contribution in [0.2, 0.25) is 0 Å². The summed E-state index contributed by atoms with van der Waals surface area (Å²) < 4.78 is 13.2. The minimum Gasteiger partial charge on any atom is -0.380 e. The van der Waals surface area contributed by atoms with Gasteiger partial charge in [-0.05, 0) is 35.9 Å². The van der Waals surface area contributed by atoms with Crippen molar-refractivity contribution in [1.82, 2.24) is 9.97 Å². The topological polar surface area (TPSA) is 37.8 Å². The normalized spacial score (nSPS) is 10.6. The number of aromatic nitrogens is 2. The van der Waals surface area contributed by atoms with Crippen molar-refractivity contribution in [3.8, 4) is 0 Å². The van der Waals surface area contributed by atoms with Crippen molar-refractivity contribution in [2.24, 2.45) is 0 Å². The highest BCUT2D eigenvalue weighted by Gasteiger charge is 2.02. The van der Waals surface area contributed by atoms with E-state index in [9.17, 15) is 4.39 Å². The Morgan fingerprint density at radius 1 is 1.00 bits per heavy atom. The summed E-state index contributed by atoms with van der Waals surface area (Å²) in [6.45, 7) is 0.693. The Morgan fingerprint density at radius 2 is 1.84 bits per heavy atom. The van der Waals surface area contributed by atoms with Gasteiger partial charge in [-0.2, -0.15) is 0 Å². The summed E-state index contributed by atoms with van der Waals surface area (Å²) in [4.78, 5) is 8.15. The summed E-state index contributed by atoms with van der Waals surface area (Å²) in [5.41, 5.74) is 2.74. The maximum atomic E-state index is 13.2. The molecule has 0 atom stereocenters. The largest absolute Gasteiger partial charge is 0.380 e. The lowest BCUT2D eigenvalue weighted by atomic mass is 10.1. The van der Waals surface area contributed by atoms with Gasteiger partial charge in [-0.3, -0.25) is 9.97 Å². The number of pyridine rings is 2. The summed E-state index contributed by atoms with van der Waals surface area (Å²) in [6, 6.07) is 10.4. The van der Waals surface area contributed by atoms with Gasteiger partial charge in [0.05, 0.1) is 5.52 Å². The van der Waals surface area contributed by atoms with Gasteiger partial charge in [0.2, 0.25) is 0 Å². The Kier molecular flexibility index (Phi) is 3.06. The maximum absolute atomic E-state index is 13.2. The second-order valence-corrected chi connectivity index (χ2v) is 4.23. The van der Waals surface area contributed by atoms with Gasteiger partial charge in [0, 0.05) is 42.3 Å². The van der Waals surface area contributed by atoms with Crippen molar-refractivity contribution in [3.63, 3.8) is 0 Å². The monoisotopic (exact) mass is 253 g/mol. The molecule has 1 aromatic carbocycles. The first-order valence-corrected chi connectivity index (χ1v) is 6.00. The molecule has 0 radical (unpaired) electrons. The molecule has 3 rings (SSSR count). The van der Waals surface area contributed by atoms with Crippen LogP contribution in [0.15, 0.2) is 55.0 Å². The molecule has 3 nitrogen and oxygen atoms in total. The number of halogens is 1. The van der Waals surface area contributed by atoms with Crippen molar-refractivity contribution in [2.45, 2.75) is 6.54 Å². The van der Waals surface area contributed by atoms with Crippen molar-refractivity contribution < 1.29 is 4.39 Å². The predicted molar refractivity (Wildman–Crippen MR) is 73.3 cm³/mol. The van der Waals surface area contributed by atoms with E-state index in [1.54, 1.807) is 24.7 Å². The average molecular weight is 253 g/mol. The minimum absolute atomic E-state index is 0.272. The zero-order valence-corrected chi connectivity index (χ0v) is 10.2. The first kappa shape index (κ1) is 11.6. The zero-order chi connectivity index (χ0) is 13.1. The van der Waals surface area contributed by atoms with E-state index in [1.807, 2.05) is 18.2 Å². The summed E-state index contributed by atoms with van der Waals surface area (Å²) >= 11 is 0. The van der Waals surface area contributed by atoms with Crippen LogP contribution in [0, 0.1) is 5.82 Å². The standard InChI is InChI=1S/C15H12FN3/c16-12-1-2-13-14(5-8-18-15(13)9-12)19-10-11-3-6-17-7-4-11/h1-9H,10H2,(H,18,19). The van der Waals surface area contributed by atoms with Crippen molar-refractivity contribution in [3.05, 3.63) is 66.4 Å². The predicted octanol–water partition coefficient (Wildman–Crippen LogP) is 3.38. The SMILES string of the molecule is Fc1ccc2c(NCc3ccncc3)ccnc2c1. The smallest absolute Gasteiger partial charge is 0.125 e. The van der Waals surface area contributed by atoms with Crippen molar-refractivity contribution in [2.75, 3.05) is 5.32 Å². The van der Waals surface area contributed by atoms with Crippen LogP contribution in [0.4, 0.5) is 10.1 Å². The van der Waals surface area contributed by atoms with E-state index < -0.39 is 0 Å². The van der Waals surface area contributed by atoms with Crippen LogP contribution in [0.1, 0.15) is 5.56 Å². The quantitative estimate of drug-likeness (QED) is 0.777. The number of rotatable bonds is 3. The van der Waals surface area contributed by atoms with Crippen LogP contribution >= 0.6 is 0 Å². The van der Waals surface area contributed by atoms with Crippen LogP contribution in [0.3, 0.4) is 0 Å². The molecule has 0 amide bonds. The molecule has 0 aliphatic heterocycles. The van der Waals surface area contributed by atoms with Gasteiger partial charge in [-0.1, -0.05) is 0 Å². The van der Waals surface area contributed by atoms with E-state index in [2.05, 4.69) is 15.3 Å². The average Bonchev–Trinajstić information content (AvgIpc) is 2.45. The van der Waals surface area contributed by atoms with Crippen LogP contribution in [0.5, 0.6) is 0 Å². The Hall–Kier alpha value is -2.49. The zero-order valence-electron chi connectivity index (χ0n) is 10.2. The van der Waals surface area contributed by atoms with E-state index in [0.717, 1.165) is 16.6 Å². The third-order valence-electron chi connectivity index (χ3n) is 2.94. The molecule has 0 aliphatic rings. The molecule has 0 unspecified atom stereocenters. The fraction of sp³-hybridized carbons (Fsp3) is 0.0667. The van der Waals surface area contributed by atoms with Gasteiger partial charge in [-0.25, -0.2) is 4.39 Å². The van der Waals surface area contributed by atoms with E-state index in [-0.39, 0.29) is 5.82 Å². The van der Waals surface area contributed by atoms with Gasteiger partial charge in [0.1, 0.15) is 5.82 Å². The molecule has 94 valence electrons. The third-order valence-corrected chi connectivity index (χ3v) is 2.94. The third kappa shape index (κ3) is 2.52. The molecule has 0 saturated heterocycles. The number of hydrogen-bond donors (Lipinski definition) is 1. The second kappa shape index (κ2) is 5.02. The minimum atomic E-state index is -0.272. The summed E-state index contributed by atoms with van der Waals surface area (Å²) in [7, 11) is 0. The molecule has 0 fully saturated rings. The van der Waals surface area contributed by atoms with Gasteiger partial charge in [-0.15, -0.1) is 0 Å². The number of nitrogens with zero attached hydrogens (tertiary/aromatic N) is 2. The number of nitrogens with one attached hydrogen (secondary N) is 1. The number of hydrogen-bond acceptors (Lipinski definition) is 3. The molecule has 4 heteroatoms. The molecule has 1 N–H and O–H groups in total. The van der Waals surface area contributed by atoms with Gasteiger partial charge in [0.25, 0.3) is 0 Å². The fourth-order valence-corrected chi connectivity index (χ4v) is 1.97. The van der Waals surface area contributed by atoms with Gasteiger partial charge >= 0.3 is 0 Å². The molecule has 0 aliphatic carbocycles. The van der Waals surface area contributed by atoms with Crippen LogP contribution in [0.25, 0.3) is 10.9 Å². The molecule has 0 saturated carbocycles. The molecule has 19 heavy (non-hydrogen) atoms. The van der Waals surface area contributed by atoms with Gasteiger partial charge < -0.3 is 5.32 Å². The molecular formula is C15H12FN3. The van der Waals surface area contributed by atoms with E-state index in [0.29, 0.717) is 12.1 Å². The van der Waals surface area contributed by atoms with E-state index in [1.165, 1.54) is 12.1 Å². The summed E-state index contributed by atoms with van der Waals surface area (Å²) in [6.07, 6.45) is 5.20. The first-order chi connectivity index (χ1) is 9.33. The molecule has 3 aromatic rings. The molecule has 2 heterocycles. The second-order valence-electron chi connectivity index (χ2n) is 4.23. The number of anilines is 1. The molecule has 2 aromatic heterocycles. The molecular weight excluding hydrogens is 241 g/mol. The van der Waals surface area contributed by atoms with Crippen LogP contribution in [-0.2, 0) is 6.54 Å².